The smallest absolute Gasteiger partial charge is 0.258 e. The molecule has 0 aliphatic rings. The van der Waals surface area contributed by atoms with Gasteiger partial charge in [-0.3, -0.25) is 9.52 Å². The molecule has 9 heteroatoms. The lowest BCUT2D eigenvalue weighted by molar-refractivity contribution is 0.102. The van der Waals surface area contributed by atoms with Crippen LogP contribution in [0.4, 0.5) is 11.4 Å². The van der Waals surface area contributed by atoms with E-state index in [1.807, 2.05) is 30.3 Å². The minimum Gasteiger partial charge on any atom is -0.506 e. The highest BCUT2D eigenvalue weighted by molar-refractivity contribution is 7.92. The third-order valence-electron chi connectivity index (χ3n) is 3.42. The van der Waals surface area contributed by atoms with Crippen LogP contribution in [0.1, 0.15) is 10.4 Å². The second kappa shape index (κ2) is 6.89. The van der Waals surface area contributed by atoms with Crippen LogP contribution in [-0.4, -0.2) is 35.5 Å². The van der Waals surface area contributed by atoms with Gasteiger partial charge in [-0.1, -0.05) is 18.2 Å². The second-order valence-corrected chi connectivity index (χ2v) is 7.32. The number of phenolic OH excluding ortho intramolecular Hbond substituents is 1. The summed E-state index contributed by atoms with van der Waals surface area (Å²) in [5.41, 5.74) is 1.45. The summed E-state index contributed by atoms with van der Waals surface area (Å²) >= 11 is 0. The predicted octanol–water partition coefficient (Wildman–Crippen LogP) is 2.20. The SMILES string of the molecule is CS(=O)(=O)Nc1cc(NC(=O)c2cnn(-c3ccccc3)c2)ccc1O. The number of amides is 1. The van der Waals surface area contributed by atoms with E-state index in [4.69, 9.17) is 0 Å². The fourth-order valence-electron chi connectivity index (χ4n) is 2.26. The lowest BCUT2D eigenvalue weighted by Gasteiger charge is -2.09. The molecule has 0 saturated heterocycles. The van der Waals surface area contributed by atoms with E-state index in [0.717, 1.165) is 11.9 Å². The number of carbonyl (C=O) groups excluding carboxylic acids is 1. The number of nitrogens with one attached hydrogen (secondary N) is 2. The lowest BCUT2D eigenvalue weighted by Crippen LogP contribution is -2.13. The highest BCUT2D eigenvalue weighted by atomic mass is 32.2. The number of aromatic hydroxyl groups is 1. The molecule has 8 nitrogen and oxygen atoms in total. The van der Waals surface area contributed by atoms with Gasteiger partial charge in [0, 0.05) is 11.9 Å². The van der Waals surface area contributed by atoms with Crippen LogP contribution in [0.3, 0.4) is 0 Å². The van der Waals surface area contributed by atoms with Gasteiger partial charge in [-0.25, -0.2) is 13.1 Å². The average Bonchev–Trinajstić information content (AvgIpc) is 3.08. The number of nitrogens with zero attached hydrogens (tertiary/aromatic N) is 2. The van der Waals surface area contributed by atoms with Gasteiger partial charge in [-0.15, -0.1) is 0 Å². The minimum atomic E-state index is -3.56. The maximum atomic E-state index is 12.4. The van der Waals surface area contributed by atoms with Gasteiger partial charge < -0.3 is 10.4 Å². The lowest BCUT2D eigenvalue weighted by atomic mass is 10.2. The summed E-state index contributed by atoms with van der Waals surface area (Å²) in [6.07, 6.45) is 3.98. The third-order valence-corrected chi connectivity index (χ3v) is 4.01. The van der Waals surface area contributed by atoms with Crippen molar-refractivity contribution in [2.24, 2.45) is 0 Å². The van der Waals surface area contributed by atoms with Crippen LogP contribution in [-0.2, 0) is 10.0 Å². The Balaban J connectivity index is 1.78. The van der Waals surface area contributed by atoms with Gasteiger partial charge in [0.2, 0.25) is 10.0 Å². The predicted molar refractivity (Wildman–Crippen MR) is 98.1 cm³/mol. The molecule has 3 rings (SSSR count). The van der Waals surface area contributed by atoms with E-state index in [2.05, 4.69) is 15.1 Å². The number of phenols is 1. The number of sulfonamides is 1. The Labute approximate surface area is 150 Å². The van der Waals surface area contributed by atoms with Crippen LogP contribution in [0, 0.1) is 0 Å². The normalized spacial score (nSPS) is 11.1. The molecule has 1 aromatic heterocycles. The van der Waals surface area contributed by atoms with E-state index in [-0.39, 0.29) is 11.4 Å². The summed E-state index contributed by atoms with van der Waals surface area (Å²) in [6.45, 7) is 0. The second-order valence-electron chi connectivity index (χ2n) is 5.57. The molecular formula is C17H16N4O4S. The molecule has 26 heavy (non-hydrogen) atoms. The molecule has 0 radical (unpaired) electrons. The highest BCUT2D eigenvalue weighted by Gasteiger charge is 2.12. The number of anilines is 2. The summed E-state index contributed by atoms with van der Waals surface area (Å²) < 4.78 is 26.4. The molecular weight excluding hydrogens is 356 g/mol. The van der Waals surface area contributed by atoms with Crippen LogP contribution < -0.4 is 10.0 Å². The standard InChI is InChI=1S/C17H16N4O4S/c1-26(24,25)20-15-9-13(7-8-16(15)22)19-17(23)12-10-18-21(11-12)14-5-3-2-4-6-14/h2-11,20,22H,1H3,(H,19,23). The van der Waals surface area contributed by atoms with Crippen molar-refractivity contribution in [3.05, 3.63) is 66.5 Å². The van der Waals surface area contributed by atoms with Gasteiger partial charge in [0.15, 0.2) is 0 Å². The van der Waals surface area contributed by atoms with Crippen molar-refractivity contribution in [1.82, 2.24) is 9.78 Å². The van der Waals surface area contributed by atoms with Gasteiger partial charge in [0.05, 0.1) is 29.4 Å². The van der Waals surface area contributed by atoms with E-state index in [1.54, 1.807) is 10.9 Å². The average molecular weight is 372 g/mol. The molecule has 134 valence electrons. The van der Waals surface area contributed by atoms with E-state index in [9.17, 15) is 18.3 Å². The summed E-state index contributed by atoms with van der Waals surface area (Å²) in [5.74, 6) is -0.659. The largest absolute Gasteiger partial charge is 0.506 e. The van der Waals surface area contributed by atoms with Crippen molar-refractivity contribution in [2.45, 2.75) is 0 Å². The van der Waals surface area contributed by atoms with E-state index in [1.165, 1.54) is 24.4 Å². The van der Waals surface area contributed by atoms with Crippen LogP contribution in [0.15, 0.2) is 60.9 Å². The first-order chi connectivity index (χ1) is 12.3. The number of hydrogen-bond acceptors (Lipinski definition) is 5. The Kier molecular flexibility index (Phi) is 4.63. The van der Waals surface area contributed by atoms with Crippen LogP contribution in [0.25, 0.3) is 5.69 Å². The quantitative estimate of drug-likeness (QED) is 0.469. The topological polar surface area (TPSA) is 113 Å². The maximum Gasteiger partial charge on any atom is 0.258 e. The van der Waals surface area contributed by atoms with Crippen LogP contribution in [0.2, 0.25) is 0 Å². The van der Waals surface area contributed by atoms with Gasteiger partial charge in [0.25, 0.3) is 5.91 Å². The molecule has 0 unspecified atom stereocenters. The van der Waals surface area contributed by atoms with Crippen LogP contribution in [0.5, 0.6) is 5.75 Å². The number of para-hydroxylation sites is 1. The first-order valence-electron chi connectivity index (χ1n) is 7.54. The Morgan fingerprint density at radius 2 is 1.88 bits per heavy atom. The zero-order valence-corrected chi connectivity index (χ0v) is 14.6. The van der Waals surface area contributed by atoms with Crippen molar-refractivity contribution in [2.75, 3.05) is 16.3 Å². The molecule has 0 fully saturated rings. The Morgan fingerprint density at radius 3 is 2.58 bits per heavy atom. The van der Waals surface area contributed by atoms with Crippen molar-refractivity contribution >= 4 is 27.3 Å². The van der Waals surface area contributed by atoms with Crippen LogP contribution >= 0.6 is 0 Å². The van der Waals surface area contributed by atoms with Crippen molar-refractivity contribution < 1.29 is 18.3 Å². The molecule has 2 aromatic carbocycles. The van der Waals surface area contributed by atoms with E-state index >= 15 is 0 Å². The van der Waals surface area contributed by atoms with Crippen molar-refractivity contribution in [1.29, 1.82) is 0 Å². The molecule has 0 aliphatic heterocycles. The Bertz CT molecular complexity index is 1050. The molecule has 3 N–H and O–H groups in total. The number of hydrogen-bond donors (Lipinski definition) is 3. The zero-order valence-electron chi connectivity index (χ0n) is 13.7. The van der Waals surface area contributed by atoms with Gasteiger partial charge >= 0.3 is 0 Å². The Hall–Kier alpha value is -3.33. The molecule has 0 atom stereocenters. The minimum absolute atomic E-state index is 0.0229. The monoisotopic (exact) mass is 372 g/mol. The fourth-order valence-corrected chi connectivity index (χ4v) is 2.82. The van der Waals surface area contributed by atoms with Gasteiger partial charge in [0.1, 0.15) is 5.75 Å². The molecule has 0 aliphatic carbocycles. The number of rotatable bonds is 5. The number of aromatic nitrogens is 2. The summed E-state index contributed by atoms with van der Waals surface area (Å²) in [6, 6.07) is 13.4. The number of carbonyl (C=O) groups is 1. The van der Waals surface area contributed by atoms with E-state index in [0.29, 0.717) is 11.3 Å². The molecule has 0 bridgehead atoms. The molecule has 0 spiro atoms. The summed E-state index contributed by atoms with van der Waals surface area (Å²) in [4.78, 5) is 12.4. The molecule has 1 heterocycles. The van der Waals surface area contributed by atoms with Crippen molar-refractivity contribution in [3.8, 4) is 11.4 Å². The summed E-state index contributed by atoms with van der Waals surface area (Å²) in [5, 5.41) is 16.5. The first kappa shape index (κ1) is 17.5. The van der Waals surface area contributed by atoms with Gasteiger partial charge in [-0.05, 0) is 30.3 Å². The Morgan fingerprint density at radius 1 is 1.15 bits per heavy atom. The highest BCUT2D eigenvalue weighted by Crippen LogP contribution is 2.27. The first-order valence-corrected chi connectivity index (χ1v) is 9.43. The summed E-state index contributed by atoms with van der Waals surface area (Å²) in [7, 11) is -3.56. The number of benzene rings is 2. The van der Waals surface area contributed by atoms with E-state index < -0.39 is 15.9 Å². The molecule has 3 aromatic rings. The third kappa shape index (κ3) is 4.19. The molecule has 0 saturated carbocycles. The molecule has 1 amide bonds. The fraction of sp³-hybridized carbons (Fsp3) is 0.0588. The zero-order chi connectivity index (χ0) is 18.7. The van der Waals surface area contributed by atoms with Gasteiger partial charge in [-0.2, -0.15) is 5.10 Å². The van der Waals surface area contributed by atoms with Crippen molar-refractivity contribution in [3.63, 3.8) is 0 Å². The maximum absolute atomic E-state index is 12.4.